The molecule has 0 radical (unpaired) electrons. The van der Waals surface area contributed by atoms with Crippen molar-refractivity contribution >= 4 is 11.9 Å². The van der Waals surface area contributed by atoms with Gasteiger partial charge in [-0.25, -0.2) is 18.7 Å². The van der Waals surface area contributed by atoms with Crippen LogP contribution in [0.2, 0.25) is 0 Å². The Morgan fingerprint density at radius 2 is 1.28 bits per heavy atom. The number of aromatic nitrogens is 4. The van der Waals surface area contributed by atoms with E-state index in [0.29, 0.717) is 19.9 Å². The number of hydrogen-bond acceptors (Lipinski definition) is 4. The van der Waals surface area contributed by atoms with Gasteiger partial charge in [-0.15, -0.1) is 0 Å². The molecule has 2 atom stereocenters. The van der Waals surface area contributed by atoms with Crippen molar-refractivity contribution in [2.24, 2.45) is 0 Å². The van der Waals surface area contributed by atoms with Crippen molar-refractivity contribution in [3.8, 4) is 0 Å². The van der Waals surface area contributed by atoms with Crippen LogP contribution in [0.15, 0.2) is 37.4 Å². The zero-order valence-electron chi connectivity index (χ0n) is 15.2. The molecule has 2 aromatic rings. The van der Waals surface area contributed by atoms with Gasteiger partial charge in [0.15, 0.2) is 12.1 Å². The first-order valence-electron chi connectivity index (χ1n) is 8.42. The highest BCUT2D eigenvalue weighted by Crippen LogP contribution is 2.07. The van der Waals surface area contributed by atoms with Gasteiger partial charge < -0.3 is 9.47 Å². The highest BCUT2D eigenvalue weighted by Gasteiger charge is 2.23. The fourth-order valence-corrected chi connectivity index (χ4v) is 2.40. The summed E-state index contributed by atoms with van der Waals surface area (Å²) in [5.74, 6) is -0.514. The second kappa shape index (κ2) is 8.46. The van der Waals surface area contributed by atoms with Gasteiger partial charge in [0.05, 0.1) is 13.2 Å². The standard InChI is InChI=1S/C17H26N4O4/c1-5-24-16(22)14(3)20-9-7-18(12-20)11-19-8-10-21(13-19)15(4)17(23)25-6-2/h7-10,12-15H,5-6,11H2,1-4H3/q+2/t14-,15-/m0/s1. The molecular formula is C17H26N4O4+2. The van der Waals surface area contributed by atoms with Crippen LogP contribution >= 0.6 is 0 Å². The van der Waals surface area contributed by atoms with Crippen LogP contribution in [-0.4, -0.2) is 34.3 Å². The van der Waals surface area contributed by atoms with Gasteiger partial charge in [-0.05, 0) is 27.7 Å². The molecule has 0 aliphatic heterocycles. The largest absolute Gasteiger partial charge is 0.463 e. The molecule has 0 saturated carbocycles. The lowest BCUT2D eigenvalue weighted by Crippen LogP contribution is -2.49. The quantitative estimate of drug-likeness (QED) is 0.517. The van der Waals surface area contributed by atoms with Gasteiger partial charge in [0.25, 0.3) is 0 Å². The molecule has 136 valence electrons. The molecule has 0 aromatic carbocycles. The summed E-state index contributed by atoms with van der Waals surface area (Å²) < 4.78 is 17.6. The third kappa shape index (κ3) is 4.68. The zero-order chi connectivity index (χ0) is 18.4. The summed E-state index contributed by atoms with van der Waals surface area (Å²) in [7, 11) is 0. The molecule has 8 heteroatoms. The summed E-state index contributed by atoms with van der Waals surface area (Å²) in [6.07, 6.45) is 11.1. The van der Waals surface area contributed by atoms with E-state index in [-0.39, 0.29) is 24.0 Å². The highest BCUT2D eigenvalue weighted by atomic mass is 16.5. The maximum absolute atomic E-state index is 11.8. The lowest BCUT2D eigenvalue weighted by Gasteiger charge is -2.06. The SMILES string of the molecule is CCOC(=O)[C@H](C)n1cc[n+](C[n+]2ccn([C@@H](C)C(=O)OCC)c2)c1. The topological polar surface area (TPSA) is 70.2 Å². The van der Waals surface area contributed by atoms with Crippen molar-refractivity contribution in [1.29, 1.82) is 0 Å². The molecule has 0 saturated heterocycles. The van der Waals surface area contributed by atoms with Gasteiger partial charge >= 0.3 is 11.9 Å². The molecule has 8 nitrogen and oxygen atoms in total. The minimum absolute atomic E-state index is 0.257. The summed E-state index contributed by atoms with van der Waals surface area (Å²) >= 11 is 0. The van der Waals surface area contributed by atoms with Crippen molar-refractivity contribution < 1.29 is 28.2 Å². The summed E-state index contributed by atoms with van der Waals surface area (Å²) in [6, 6.07) is -0.751. The molecule has 0 N–H and O–H groups in total. The summed E-state index contributed by atoms with van der Waals surface area (Å²) in [4.78, 5) is 23.6. The van der Waals surface area contributed by atoms with Crippen molar-refractivity contribution in [3.05, 3.63) is 37.4 Å². The number of esters is 2. The van der Waals surface area contributed by atoms with Crippen LogP contribution in [0.1, 0.15) is 39.8 Å². The second-order valence-corrected chi connectivity index (χ2v) is 5.75. The molecule has 0 spiro atoms. The molecule has 2 aromatic heterocycles. The van der Waals surface area contributed by atoms with Crippen LogP contribution in [0.4, 0.5) is 0 Å². The fraction of sp³-hybridized carbons (Fsp3) is 0.529. The Labute approximate surface area is 147 Å². The Bertz CT molecular complexity index is 662. The normalized spacial score (nSPS) is 13.3. The second-order valence-electron chi connectivity index (χ2n) is 5.75. The predicted molar refractivity (Wildman–Crippen MR) is 87.3 cm³/mol. The number of carbonyl (C=O) groups excluding carboxylic acids is 2. The van der Waals surface area contributed by atoms with Gasteiger partial charge in [-0.2, -0.15) is 9.13 Å². The van der Waals surface area contributed by atoms with Gasteiger partial charge in [0.1, 0.15) is 24.8 Å². The van der Waals surface area contributed by atoms with Crippen LogP contribution in [0.25, 0.3) is 0 Å². The summed E-state index contributed by atoms with van der Waals surface area (Å²) in [5, 5.41) is 0. The maximum atomic E-state index is 11.8. The molecule has 0 amide bonds. The Balaban J connectivity index is 2.02. The van der Waals surface area contributed by atoms with E-state index in [1.807, 2.05) is 46.6 Å². The van der Waals surface area contributed by atoms with E-state index < -0.39 is 0 Å². The molecular weight excluding hydrogens is 324 g/mol. The molecule has 0 unspecified atom stereocenters. The molecule has 0 fully saturated rings. The Hall–Kier alpha value is -2.64. The number of hydrogen-bond donors (Lipinski definition) is 0. The average Bonchev–Trinajstić information content (AvgIpc) is 3.24. The first kappa shape index (κ1) is 18.7. The number of imidazole rings is 2. The molecule has 0 aliphatic rings. The number of carbonyl (C=O) groups is 2. The summed E-state index contributed by atoms with van der Waals surface area (Å²) in [5.41, 5.74) is 0. The smallest absolute Gasteiger partial charge is 0.351 e. The minimum Gasteiger partial charge on any atom is -0.463 e. The minimum atomic E-state index is -0.375. The molecule has 0 bridgehead atoms. The van der Waals surface area contributed by atoms with Crippen LogP contribution in [0.5, 0.6) is 0 Å². The van der Waals surface area contributed by atoms with E-state index >= 15 is 0 Å². The van der Waals surface area contributed by atoms with E-state index in [1.54, 1.807) is 36.8 Å². The van der Waals surface area contributed by atoms with Crippen LogP contribution in [0, 0.1) is 0 Å². The third-order valence-corrected chi connectivity index (χ3v) is 3.90. The van der Waals surface area contributed by atoms with Crippen molar-refractivity contribution in [1.82, 2.24) is 9.13 Å². The Morgan fingerprint density at radius 1 is 0.880 bits per heavy atom. The van der Waals surface area contributed by atoms with Gasteiger partial charge in [0.2, 0.25) is 19.3 Å². The number of ether oxygens (including phenoxy) is 2. The lowest BCUT2D eigenvalue weighted by molar-refractivity contribution is -0.912. The van der Waals surface area contributed by atoms with E-state index in [1.165, 1.54) is 0 Å². The maximum Gasteiger partial charge on any atom is 0.351 e. The first-order valence-corrected chi connectivity index (χ1v) is 8.42. The van der Waals surface area contributed by atoms with Crippen LogP contribution < -0.4 is 9.13 Å². The molecule has 25 heavy (non-hydrogen) atoms. The van der Waals surface area contributed by atoms with Crippen molar-refractivity contribution in [2.75, 3.05) is 13.2 Å². The molecule has 2 heterocycles. The van der Waals surface area contributed by atoms with E-state index in [0.717, 1.165) is 0 Å². The fourth-order valence-electron chi connectivity index (χ4n) is 2.40. The molecule has 0 aliphatic carbocycles. The monoisotopic (exact) mass is 350 g/mol. The van der Waals surface area contributed by atoms with Crippen molar-refractivity contribution in [2.45, 2.75) is 46.4 Å². The van der Waals surface area contributed by atoms with Crippen molar-refractivity contribution in [3.63, 3.8) is 0 Å². The van der Waals surface area contributed by atoms with E-state index in [9.17, 15) is 9.59 Å². The van der Waals surface area contributed by atoms with E-state index in [2.05, 4.69) is 0 Å². The third-order valence-electron chi connectivity index (χ3n) is 3.90. The first-order chi connectivity index (χ1) is 12.0. The summed E-state index contributed by atoms with van der Waals surface area (Å²) in [6.45, 7) is 8.47. The Kier molecular flexibility index (Phi) is 6.32. The number of nitrogens with zero attached hydrogens (tertiary/aromatic N) is 4. The van der Waals surface area contributed by atoms with Gasteiger partial charge in [-0.3, -0.25) is 0 Å². The highest BCUT2D eigenvalue weighted by molar-refractivity contribution is 5.74. The lowest BCUT2D eigenvalue weighted by atomic mass is 10.3. The predicted octanol–water partition coefficient (Wildman–Crippen LogP) is 0.619. The number of rotatable bonds is 8. The Morgan fingerprint density at radius 3 is 1.64 bits per heavy atom. The van der Waals surface area contributed by atoms with Gasteiger partial charge in [0, 0.05) is 0 Å². The zero-order valence-corrected chi connectivity index (χ0v) is 15.2. The van der Waals surface area contributed by atoms with Gasteiger partial charge in [-0.1, -0.05) is 0 Å². The van der Waals surface area contributed by atoms with Crippen LogP contribution in [-0.2, 0) is 25.7 Å². The molecule has 2 rings (SSSR count). The van der Waals surface area contributed by atoms with E-state index in [4.69, 9.17) is 9.47 Å². The average molecular weight is 350 g/mol. The van der Waals surface area contributed by atoms with Crippen LogP contribution in [0.3, 0.4) is 0 Å².